The fourth-order valence-electron chi connectivity index (χ4n) is 8.82. The molecule has 2 aromatic rings. The summed E-state index contributed by atoms with van der Waals surface area (Å²) in [6, 6.07) is 5.84. The lowest BCUT2D eigenvalue weighted by Crippen LogP contribution is -2.45. The first-order valence-corrected chi connectivity index (χ1v) is 17.9. The van der Waals surface area contributed by atoms with E-state index in [4.69, 9.17) is 32.7 Å². The number of hydrogen-bond acceptors (Lipinski definition) is 4. The third kappa shape index (κ3) is 5.51. The molecular weight excluding hydrogens is 601 g/mol. The Hall–Kier alpha value is -0.820. The number of ether oxygens (including phenoxy) is 2. The fraction of sp³-hybridized carbons (Fsp3) is 0.636. The molecule has 8 heteroatoms. The van der Waals surface area contributed by atoms with Gasteiger partial charge in [-0.3, -0.25) is 0 Å². The first-order chi connectivity index (χ1) is 19.5. The summed E-state index contributed by atoms with van der Waals surface area (Å²) in [6.07, 6.45) is 10.1. The third-order valence-corrected chi connectivity index (χ3v) is 14.1. The maximum Gasteiger partial charge on any atom is 0.141 e. The third-order valence-electron chi connectivity index (χ3n) is 11.2. The Bertz CT molecular complexity index is 1340. The van der Waals surface area contributed by atoms with Gasteiger partial charge in [-0.25, -0.2) is 8.78 Å². The summed E-state index contributed by atoms with van der Waals surface area (Å²) in [5.41, 5.74) is 0.891. The molecule has 0 heterocycles. The van der Waals surface area contributed by atoms with Gasteiger partial charge in [0.05, 0.1) is 33.0 Å². The molecule has 7 rings (SSSR count). The molecule has 5 fully saturated rings. The highest BCUT2D eigenvalue weighted by molar-refractivity contribution is 8.76. The van der Waals surface area contributed by atoms with E-state index in [1.54, 1.807) is 12.1 Å². The molecule has 5 aliphatic carbocycles. The van der Waals surface area contributed by atoms with E-state index >= 15 is 8.78 Å². The van der Waals surface area contributed by atoms with Crippen molar-refractivity contribution in [3.63, 3.8) is 0 Å². The van der Waals surface area contributed by atoms with E-state index in [0.29, 0.717) is 55.9 Å². The van der Waals surface area contributed by atoms with Crippen LogP contribution >= 0.6 is 44.8 Å². The molecule has 0 amide bonds. The Balaban J connectivity index is 0.953. The van der Waals surface area contributed by atoms with E-state index in [0.717, 1.165) is 58.1 Å². The van der Waals surface area contributed by atoms with Crippen LogP contribution in [0.3, 0.4) is 0 Å². The molecule has 4 unspecified atom stereocenters. The summed E-state index contributed by atoms with van der Waals surface area (Å²) in [6.45, 7) is 7.99. The minimum absolute atomic E-state index is 0.0746. The van der Waals surface area contributed by atoms with Crippen LogP contribution in [-0.4, -0.2) is 13.2 Å². The van der Waals surface area contributed by atoms with Crippen LogP contribution in [0.1, 0.15) is 72.1 Å². The molecule has 0 aromatic heterocycles. The minimum Gasteiger partial charge on any atom is -0.491 e. The molecule has 41 heavy (non-hydrogen) atoms. The van der Waals surface area contributed by atoms with Gasteiger partial charge in [0, 0.05) is 23.0 Å². The van der Waals surface area contributed by atoms with Gasteiger partial charge >= 0.3 is 0 Å². The molecule has 2 aromatic carbocycles. The lowest BCUT2D eigenvalue weighted by atomic mass is 9.54. The highest BCUT2D eigenvalue weighted by atomic mass is 35.5. The zero-order valence-electron chi connectivity index (χ0n) is 23.9. The van der Waals surface area contributed by atoms with E-state index in [2.05, 4.69) is 20.8 Å². The maximum atomic E-state index is 15.1. The van der Waals surface area contributed by atoms with E-state index in [9.17, 15) is 0 Å². The van der Waals surface area contributed by atoms with Crippen LogP contribution in [0, 0.1) is 57.5 Å². The van der Waals surface area contributed by atoms with Gasteiger partial charge < -0.3 is 9.47 Å². The monoisotopic (exact) mass is 638 g/mol. The van der Waals surface area contributed by atoms with E-state index in [1.807, 2.05) is 0 Å². The normalized spacial score (nSPS) is 38.3. The SMILES string of the molecule is C[C@@H]1CC(C)(COc2cc(F)c(SSc3cc(Cl)c(OCC4(C)C[C@@H]5CC56C[C@@H]6C4)cc3F)cc2Cl)CC2CC[C@H]21. The Kier molecular flexibility index (Phi) is 7.32. The summed E-state index contributed by atoms with van der Waals surface area (Å²) in [5, 5.41) is 0.721. The Morgan fingerprint density at radius 1 is 0.756 bits per heavy atom. The van der Waals surface area contributed by atoms with Gasteiger partial charge in [-0.2, -0.15) is 0 Å². The van der Waals surface area contributed by atoms with Crippen LogP contribution in [0.2, 0.25) is 10.0 Å². The molecule has 0 N–H and O–H groups in total. The maximum absolute atomic E-state index is 15.1. The van der Waals surface area contributed by atoms with E-state index < -0.39 is 11.6 Å². The van der Waals surface area contributed by atoms with Crippen molar-refractivity contribution in [2.24, 2.45) is 45.8 Å². The van der Waals surface area contributed by atoms with Crippen molar-refractivity contribution in [3.8, 4) is 11.5 Å². The quantitative estimate of drug-likeness (QED) is 0.254. The Morgan fingerprint density at radius 3 is 1.73 bits per heavy atom. The number of benzene rings is 2. The van der Waals surface area contributed by atoms with Crippen LogP contribution in [0.4, 0.5) is 8.78 Å². The van der Waals surface area contributed by atoms with Crippen molar-refractivity contribution in [3.05, 3.63) is 45.9 Å². The Labute approximate surface area is 260 Å². The zero-order valence-corrected chi connectivity index (χ0v) is 27.1. The van der Waals surface area contributed by atoms with Crippen LogP contribution in [0.5, 0.6) is 11.5 Å². The number of fused-ring (bicyclic) bond motifs is 1. The van der Waals surface area contributed by atoms with Crippen LogP contribution < -0.4 is 9.47 Å². The molecule has 2 nitrogen and oxygen atoms in total. The van der Waals surface area contributed by atoms with Crippen molar-refractivity contribution >= 4 is 44.8 Å². The average Bonchev–Trinajstić information content (AvgIpc) is 3.77. The molecule has 1 spiro atoms. The summed E-state index contributed by atoms with van der Waals surface area (Å²) in [4.78, 5) is 0.640. The highest BCUT2D eigenvalue weighted by Crippen LogP contribution is 2.81. The Morgan fingerprint density at radius 2 is 1.27 bits per heavy atom. The smallest absolute Gasteiger partial charge is 0.141 e. The van der Waals surface area contributed by atoms with Gasteiger partial charge in [0.15, 0.2) is 0 Å². The van der Waals surface area contributed by atoms with Crippen LogP contribution in [0.15, 0.2) is 34.1 Å². The number of halogens is 4. The average molecular weight is 640 g/mol. The van der Waals surface area contributed by atoms with Crippen LogP contribution in [-0.2, 0) is 0 Å². The van der Waals surface area contributed by atoms with Crippen molar-refractivity contribution in [2.75, 3.05) is 13.2 Å². The largest absolute Gasteiger partial charge is 0.491 e. The lowest BCUT2D eigenvalue weighted by Gasteiger charge is -2.52. The molecule has 0 aliphatic heterocycles. The first-order valence-electron chi connectivity index (χ1n) is 15.0. The van der Waals surface area contributed by atoms with Crippen molar-refractivity contribution in [1.82, 2.24) is 0 Å². The molecule has 0 bridgehead atoms. The second-order valence-electron chi connectivity index (χ2n) is 14.6. The standard InChI is InChI=1S/C33H38Cl2F2O2S2/c1-18-10-31(2,11-19-4-5-22(18)19)16-38-27-8-25(36)29(6-23(27)34)40-41-30-7-24(35)28(9-26(30)37)39-17-32(3)12-20-14-33(20)15-21(33)13-32/h6-9,18-22H,4-5,10-17H2,1-3H3/t18-,19?,20-,21+,22+,31?,32?,33?/m1/s1. The predicted molar refractivity (Wildman–Crippen MR) is 164 cm³/mol. The summed E-state index contributed by atoms with van der Waals surface area (Å²) < 4.78 is 42.3. The van der Waals surface area contributed by atoms with Gasteiger partial charge in [0.25, 0.3) is 0 Å². The molecule has 0 saturated heterocycles. The van der Waals surface area contributed by atoms with Gasteiger partial charge in [-0.1, -0.05) is 44.0 Å². The van der Waals surface area contributed by atoms with Crippen molar-refractivity contribution < 1.29 is 18.3 Å². The van der Waals surface area contributed by atoms with Crippen molar-refractivity contribution in [2.45, 2.75) is 81.9 Å². The van der Waals surface area contributed by atoms with E-state index in [-0.39, 0.29) is 10.8 Å². The van der Waals surface area contributed by atoms with Crippen LogP contribution in [0.25, 0.3) is 0 Å². The van der Waals surface area contributed by atoms with E-state index in [1.165, 1.54) is 50.7 Å². The molecule has 222 valence electrons. The highest BCUT2D eigenvalue weighted by Gasteiger charge is 2.73. The van der Waals surface area contributed by atoms with Gasteiger partial charge in [0.1, 0.15) is 23.1 Å². The summed E-state index contributed by atoms with van der Waals surface area (Å²) >= 11 is 13.0. The van der Waals surface area contributed by atoms with Crippen molar-refractivity contribution in [1.29, 1.82) is 0 Å². The minimum atomic E-state index is -0.439. The molecule has 5 aliphatic rings. The molecule has 8 atom stereocenters. The number of hydrogen-bond donors (Lipinski definition) is 0. The first kappa shape index (κ1) is 28.9. The lowest BCUT2D eigenvalue weighted by molar-refractivity contribution is -0.0339. The number of rotatable bonds is 9. The second-order valence-corrected chi connectivity index (χ2v) is 17.6. The molecule has 0 radical (unpaired) electrons. The molecular formula is C33H38Cl2F2O2S2. The second kappa shape index (κ2) is 10.4. The summed E-state index contributed by atoms with van der Waals surface area (Å²) in [5.74, 6) is 3.91. The predicted octanol–water partition coefficient (Wildman–Crippen LogP) is 11.1. The zero-order chi connectivity index (χ0) is 28.7. The topological polar surface area (TPSA) is 18.5 Å². The molecule has 5 saturated carbocycles. The van der Waals surface area contributed by atoms with Gasteiger partial charge in [0.2, 0.25) is 0 Å². The van der Waals surface area contributed by atoms with Gasteiger partial charge in [-0.15, -0.1) is 0 Å². The summed E-state index contributed by atoms with van der Waals surface area (Å²) in [7, 11) is 2.23. The fourth-order valence-corrected chi connectivity index (χ4v) is 11.5. The van der Waals surface area contributed by atoms with Gasteiger partial charge in [-0.05, 0) is 120 Å².